The summed E-state index contributed by atoms with van der Waals surface area (Å²) < 4.78 is 0. The minimum Gasteiger partial charge on any atom is -0.366 e. The maximum Gasteiger partial charge on any atom is 0.248 e. The number of benzene rings is 1. The zero-order valence-corrected chi connectivity index (χ0v) is 6.85. The van der Waals surface area contributed by atoms with Gasteiger partial charge in [-0.2, -0.15) is 0 Å². The summed E-state index contributed by atoms with van der Waals surface area (Å²) in [5, 5.41) is 0.648. The molecule has 0 atom stereocenters. The van der Waals surface area contributed by atoms with Crippen LogP contribution in [0.15, 0.2) is 18.2 Å². The lowest BCUT2D eigenvalue weighted by atomic mass is 9.94. The first kappa shape index (κ1) is 8.14. The van der Waals surface area contributed by atoms with Crippen molar-refractivity contribution in [1.29, 1.82) is 0 Å². The largest absolute Gasteiger partial charge is 0.366 e. The highest BCUT2D eigenvalue weighted by atomic mass is 35.5. The number of primary amides is 1. The summed E-state index contributed by atoms with van der Waals surface area (Å²) in [6.07, 6.45) is 0. The van der Waals surface area contributed by atoms with Crippen molar-refractivity contribution in [3.63, 3.8) is 0 Å². The van der Waals surface area contributed by atoms with E-state index in [2.05, 4.69) is 0 Å². The molecule has 0 fully saturated rings. The fourth-order valence-electron chi connectivity index (χ4n) is 0.798. The highest BCUT2D eigenvalue weighted by Crippen LogP contribution is 2.05. The lowest BCUT2D eigenvalue weighted by Crippen LogP contribution is -2.14. The van der Waals surface area contributed by atoms with Gasteiger partial charge in [-0.15, -0.1) is 0 Å². The lowest BCUT2D eigenvalue weighted by Gasteiger charge is -1.98. The molecule has 11 heavy (non-hydrogen) atoms. The molecule has 0 saturated heterocycles. The van der Waals surface area contributed by atoms with Crippen LogP contribution < -0.4 is 11.2 Å². The molecule has 1 amide bonds. The summed E-state index contributed by atoms with van der Waals surface area (Å²) in [6.45, 7) is 0. The number of hydrogen-bond acceptors (Lipinski definition) is 1. The summed E-state index contributed by atoms with van der Waals surface area (Å²) in [4.78, 5) is 10.6. The number of nitrogens with two attached hydrogens (primary N) is 1. The molecule has 2 N–H and O–H groups in total. The first-order valence-electron chi connectivity index (χ1n) is 3.17. The van der Waals surface area contributed by atoms with E-state index in [4.69, 9.17) is 17.3 Å². The van der Waals surface area contributed by atoms with Gasteiger partial charge in [0.2, 0.25) is 5.91 Å². The van der Waals surface area contributed by atoms with Crippen LogP contribution in [0.2, 0.25) is 5.02 Å². The van der Waals surface area contributed by atoms with Crippen molar-refractivity contribution >= 4 is 30.8 Å². The van der Waals surface area contributed by atoms with Crippen molar-refractivity contribution in [3.8, 4) is 0 Å². The van der Waals surface area contributed by atoms with Gasteiger partial charge in [-0.3, -0.25) is 4.79 Å². The fourth-order valence-corrected chi connectivity index (χ4v) is 0.916. The van der Waals surface area contributed by atoms with E-state index in [1.54, 1.807) is 18.2 Å². The Kier molecular flexibility index (Phi) is 2.20. The van der Waals surface area contributed by atoms with Gasteiger partial charge in [0.1, 0.15) is 7.85 Å². The van der Waals surface area contributed by atoms with Gasteiger partial charge in [-0.05, 0) is 12.1 Å². The van der Waals surface area contributed by atoms with Gasteiger partial charge in [-0.1, -0.05) is 23.1 Å². The Morgan fingerprint density at radius 1 is 1.55 bits per heavy atom. The molecule has 56 valence electrons. The maximum absolute atomic E-state index is 10.6. The Morgan fingerprint density at radius 3 is 2.64 bits per heavy atom. The first-order chi connectivity index (χ1) is 5.11. The number of carbonyl (C=O) groups is 1. The van der Waals surface area contributed by atoms with E-state index in [1.165, 1.54) is 0 Å². The normalized spacial score (nSPS) is 9.55. The van der Waals surface area contributed by atoms with Crippen molar-refractivity contribution in [2.24, 2.45) is 5.73 Å². The lowest BCUT2D eigenvalue weighted by molar-refractivity contribution is 0.100. The smallest absolute Gasteiger partial charge is 0.248 e. The summed E-state index contributed by atoms with van der Waals surface area (Å²) in [7, 11) is 1.83. The third-order valence-electron chi connectivity index (χ3n) is 1.44. The Balaban J connectivity index is 3.15. The number of carbonyl (C=O) groups excluding carboxylic acids is 1. The van der Waals surface area contributed by atoms with Crippen LogP contribution in [0.25, 0.3) is 0 Å². The van der Waals surface area contributed by atoms with E-state index in [9.17, 15) is 4.79 Å². The van der Waals surface area contributed by atoms with Gasteiger partial charge in [0.15, 0.2) is 0 Å². The van der Waals surface area contributed by atoms with Crippen molar-refractivity contribution in [3.05, 3.63) is 28.8 Å². The quantitative estimate of drug-likeness (QED) is 0.573. The predicted molar refractivity (Wildman–Crippen MR) is 48.1 cm³/mol. The predicted octanol–water partition coefficient (Wildman–Crippen LogP) is -0.303. The van der Waals surface area contributed by atoms with Gasteiger partial charge in [0.25, 0.3) is 0 Å². The van der Waals surface area contributed by atoms with Crippen LogP contribution in [0.5, 0.6) is 0 Å². The van der Waals surface area contributed by atoms with Crippen LogP contribution in [0.3, 0.4) is 0 Å². The van der Waals surface area contributed by atoms with Crippen molar-refractivity contribution in [2.45, 2.75) is 0 Å². The van der Waals surface area contributed by atoms with Gasteiger partial charge in [0.05, 0.1) is 0 Å². The summed E-state index contributed by atoms with van der Waals surface area (Å²) in [6, 6.07) is 4.94. The number of rotatable bonds is 1. The average Bonchev–Trinajstić information content (AvgIpc) is 1.94. The highest BCUT2D eigenvalue weighted by molar-refractivity contribution is 6.45. The Morgan fingerprint density at radius 2 is 2.18 bits per heavy atom. The average molecular weight is 167 g/mol. The molecular formula is C7H7BClNO. The van der Waals surface area contributed by atoms with Gasteiger partial charge < -0.3 is 5.73 Å². The molecule has 0 aliphatic rings. The molecule has 0 aliphatic carbocycles. The summed E-state index contributed by atoms with van der Waals surface area (Å²) in [5.41, 5.74) is 6.41. The second-order valence-electron chi connectivity index (χ2n) is 2.33. The van der Waals surface area contributed by atoms with Crippen LogP contribution >= 0.6 is 11.6 Å². The SMILES string of the molecule is Bc1cc(C(N)=O)ccc1Cl. The van der Waals surface area contributed by atoms with Crippen molar-refractivity contribution in [1.82, 2.24) is 0 Å². The third kappa shape index (κ3) is 1.74. The molecular weight excluding hydrogens is 160 g/mol. The van der Waals surface area contributed by atoms with Gasteiger partial charge in [-0.25, -0.2) is 0 Å². The Labute approximate surface area is 70.8 Å². The van der Waals surface area contributed by atoms with E-state index < -0.39 is 5.91 Å². The topological polar surface area (TPSA) is 43.1 Å². The van der Waals surface area contributed by atoms with Gasteiger partial charge >= 0.3 is 0 Å². The van der Waals surface area contributed by atoms with Crippen LogP contribution in [0.1, 0.15) is 10.4 Å². The maximum atomic E-state index is 10.6. The monoisotopic (exact) mass is 167 g/mol. The molecule has 0 unspecified atom stereocenters. The van der Waals surface area contributed by atoms with Gasteiger partial charge in [0, 0.05) is 10.6 Å². The molecule has 2 nitrogen and oxygen atoms in total. The highest BCUT2D eigenvalue weighted by Gasteiger charge is 2.01. The zero-order valence-electron chi connectivity index (χ0n) is 6.10. The second-order valence-corrected chi connectivity index (χ2v) is 2.74. The van der Waals surface area contributed by atoms with Crippen molar-refractivity contribution in [2.75, 3.05) is 0 Å². The molecule has 0 aliphatic heterocycles. The standard InChI is InChI=1S/C7H7BClNO/c8-5-3-4(7(10)11)1-2-6(5)9/h1-3H,8H2,(H2,10,11). The third-order valence-corrected chi connectivity index (χ3v) is 1.87. The van der Waals surface area contributed by atoms with Crippen LogP contribution in [-0.2, 0) is 0 Å². The number of hydrogen-bond donors (Lipinski definition) is 1. The molecule has 1 aromatic rings. The van der Waals surface area contributed by atoms with E-state index in [-0.39, 0.29) is 0 Å². The van der Waals surface area contributed by atoms with E-state index in [0.29, 0.717) is 10.6 Å². The second kappa shape index (κ2) is 2.97. The Bertz CT molecular complexity index is 300. The van der Waals surface area contributed by atoms with E-state index in [1.807, 2.05) is 7.85 Å². The van der Waals surface area contributed by atoms with Crippen LogP contribution in [-0.4, -0.2) is 13.8 Å². The number of amides is 1. The van der Waals surface area contributed by atoms with E-state index >= 15 is 0 Å². The molecule has 0 saturated carbocycles. The molecule has 1 aromatic carbocycles. The minimum atomic E-state index is -0.426. The van der Waals surface area contributed by atoms with E-state index in [0.717, 1.165) is 5.46 Å². The minimum absolute atomic E-state index is 0.426. The zero-order chi connectivity index (χ0) is 8.43. The molecule has 0 radical (unpaired) electrons. The molecule has 0 spiro atoms. The summed E-state index contributed by atoms with van der Waals surface area (Å²) in [5.74, 6) is -0.426. The number of halogens is 1. The fraction of sp³-hybridized carbons (Fsp3) is 0. The van der Waals surface area contributed by atoms with Crippen LogP contribution in [0, 0.1) is 0 Å². The van der Waals surface area contributed by atoms with Crippen molar-refractivity contribution < 1.29 is 4.79 Å². The Hall–Kier alpha value is -0.955. The molecule has 0 aromatic heterocycles. The molecule has 4 heteroatoms. The molecule has 0 bridgehead atoms. The molecule has 0 heterocycles. The molecule has 1 rings (SSSR count). The first-order valence-corrected chi connectivity index (χ1v) is 3.55. The van der Waals surface area contributed by atoms with Crippen LogP contribution in [0.4, 0.5) is 0 Å². The summed E-state index contributed by atoms with van der Waals surface area (Å²) >= 11 is 5.73.